The lowest BCUT2D eigenvalue weighted by Gasteiger charge is -2.44. The fourth-order valence-corrected chi connectivity index (χ4v) is 15.1. The standard InChI is InChI=1S/C72H63BN2S/c1-43(2)47-26-35-56-60(40-47)72(58-22-16-14-20-54(58)55-21-15-17-23-59(55)72)68-65(56)67-69(76-68)73-61-37-27-48(57-42-50(71(8,9)10)30-36-53(57)46-18-12-11-13-19-46)41-62(61)74(51-31-24-44(3)25-32-51)63-38-45(4)39-64(66(63)73)75(67)52-33-28-49(29-34-52)70(5,6)7/h11-43H,1-10H3. The van der Waals surface area contributed by atoms with E-state index in [1.165, 1.54) is 138 Å². The van der Waals surface area contributed by atoms with Crippen LogP contribution >= 0.6 is 11.3 Å². The zero-order valence-electron chi connectivity index (χ0n) is 45.4. The van der Waals surface area contributed by atoms with Crippen LogP contribution < -0.4 is 25.5 Å². The van der Waals surface area contributed by atoms with Gasteiger partial charge in [-0.3, -0.25) is 0 Å². The van der Waals surface area contributed by atoms with Crippen molar-refractivity contribution in [3.05, 3.63) is 244 Å². The summed E-state index contributed by atoms with van der Waals surface area (Å²) in [7, 11) is 0. The molecule has 0 unspecified atom stereocenters. The second-order valence-corrected chi connectivity index (χ2v) is 25.5. The van der Waals surface area contributed by atoms with Gasteiger partial charge in [-0.05, 0) is 162 Å². The highest BCUT2D eigenvalue weighted by Gasteiger charge is 2.57. The third-order valence-corrected chi connectivity index (χ3v) is 18.6. The quantitative estimate of drug-likeness (QED) is 0.159. The van der Waals surface area contributed by atoms with Crippen molar-refractivity contribution in [2.75, 3.05) is 9.80 Å². The molecule has 0 amide bonds. The average Bonchev–Trinajstić information content (AvgIpc) is 4.19. The summed E-state index contributed by atoms with van der Waals surface area (Å²) in [5.41, 5.74) is 30.6. The Bertz CT molecular complexity index is 3970. The summed E-state index contributed by atoms with van der Waals surface area (Å²) in [5.74, 6) is 0.382. The summed E-state index contributed by atoms with van der Waals surface area (Å²) >= 11 is 2.07. The maximum Gasteiger partial charge on any atom is 0.264 e. The number of aryl methyl sites for hydroxylation is 2. The zero-order valence-corrected chi connectivity index (χ0v) is 46.2. The molecular formula is C72H63BN2S. The van der Waals surface area contributed by atoms with E-state index in [-0.39, 0.29) is 17.5 Å². The molecule has 1 spiro atoms. The van der Waals surface area contributed by atoms with Gasteiger partial charge in [0.2, 0.25) is 0 Å². The molecule has 0 atom stereocenters. The van der Waals surface area contributed by atoms with Crippen molar-refractivity contribution >= 4 is 67.9 Å². The van der Waals surface area contributed by atoms with Gasteiger partial charge >= 0.3 is 0 Å². The number of benzene rings is 9. The molecule has 4 aliphatic rings. The molecule has 76 heavy (non-hydrogen) atoms. The van der Waals surface area contributed by atoms with E-state index in [0.717, 1.165) is 5.69 Å². The molecule has 0 saturated heterocycles. The van der Waals surface area contributed by atoms with E-state index in [1.807, 2.05) is 0 Å². The van der Waals surface area contributed by atoms with Gasteiger partial charge in [0.15, 0.2) is 0 Å². The van der Waals surface area contributed by atoms with Crippen LogP contribution in [0.2, 0.25) is 0 Å². The van der Waals surface area contributed by atoms with Gasteiger partial charge < -0.3 is 9.80 Å². The first-order valence-electron chi connectivity index (χ1n) is 27.4. The molecule has 2 aliphatic heterocycles. The Morgan fingerprint density at radius 3 is 1.71 bits per heavy atom. The summed E-state index contributed by atoms with van der Waals surface area (Å²) in [6, 6.07) is 75.4. The Morgan fingerprint density at radius 1 is 0.461 bits per heavy atom. The molecule has 0 fully saturated rings. The summed E-state index contributed by atoms with van der Waals surface area (Å²) in [4.78, 5) is 6.71. The smallest absolute Gasteiger partial charge is 0.264 e. The lowest BCUT2D eigenvalue weighted by molar-refractivity contribution is 0.590. The largest absolute Gasteiger partial charge is 0.311 e. The molecule has 0 saturated carbocycles. The van der Waals surface area contributed by atoms with Crippen LogP contribution in [0, 0.1) is 13.8 Å². The molecule has 14 rings (SSSR count). The van der Waals surface area contributed by atoms with Crippen LogP contribution in [0.4, 0.5) is 34.1 Å². The van der Waals surface area contributed by atoms with Crippen LogP contribution in [0.3, 0.4) is 0 Å². The summed E-state index contributed by atoms with van der Waals surface area (Å²) in [6.45, 7) is 23.1. The van der Waals surface area contributed by atoms with Crippen molar-refractivity contribution in [2.24, 2.45) is 0 Å². The fourth-order valence-electron chi connectivity index (χ4n) is 13.4. The van der Waals surface area contributed by atoms with Crippen LogP contribution in [-0.4, -0.2) is 6.71 Å². The van der Waals surface area contributed by atoms with Crippen molar-refractivity contribution in [2.45, 2.75) is 91.4 Å². The van der Waals surface area contributed by atoms with Gasteiger partial charge in [-0.1, -0.05) is 213 Å². The minimum absolute atomic E-state index is 0.0124. The number of rotatable bonds is 5. The van der Waals surface area contributed by atoms with Crippen molar-refractivity contribution in [3.8, 4) is 44.5 Å². The first kappa shape index (κ1) is 46.8. The lowest BCUT2D eigenvalue weighted by Crippen LogP contribution is -2.60. The molecule has 3 heterocycles. The summed E-state index contributed by atoms with van der Waals surface area (Å²) < 4.78 is 1.40. The zero-order chi connectivity index (χ0) is 52.2. The highest BCUT2D eigenvalue weighted by atomic mass is 32.1. The Morgan fingerprint density at radius 2 is 1.05 bits per heavy atom. The molecule has 370 valence electrons. The third kappa shape index (κ3) is 6.72. The van der Waals surface area contributed by atoms with Gasteiger partial charge in [-0.15, -0.1) is 11.3 Å². The van der Waals surface area contributed by atoms with Crippen molar-refractivity contribution < 1.29 is 0 Å². The minimum Gasteiger partial charge on any atom is -0.311 e. The maximum atomic E-state index is 2.68. The monoisotopic (exact) mass is 998 g/mol. The predicted molar refractivity (Wildman–Crippen MR) is 326 cm³/mol. The highest BCUT2D eigenvalue weighted by Crippen LogP contribution is 2.67. The Balaban J connectivity index is 1.11. The lowest BCUT2D eigenvalue weighted by atomic mass is 9.36. The average molecular weight is 999 g/mol. The minimum atomic E-state index is -0.487. The van der Waals surface area contributed by atoms with Crippen LogP contribution in [-0.2, 0) is 16.2 Å². The fraction of sp³-hybridized carbons (Fsp3) is 0.194. The molecular weight excluding hydrogens is 936 g/mol. The molecule has 1 aromatic heterocycles. The second-order valence-electron chi connectivity index (χ2n) is 24.4. The van der Waals surface area contributed by atoms with E-state index in [4.69, 9.17) is 0 Å². The van der Waals surface area contributed by atoms with Gasteiger partial charge in [-0.2, -0.15) is 0 Å². The first-order chi connectivity index (χ1) is 36.6. The molecule has 0 bridgehead atoms. The maximum absolute atomic E-state index is 2.68. The first-order valence-corrected chi connectivity index (χ1v) is 28.2. The van der Waals surface area contributed by atoms with Gasteiger partial charge in [0.1, 0.15) is 0 Å². The topological polar surface area (TPSA) is 6.48 Å². The number of nitrogens with zero attached hydrogens (tertiary/aromatic N) is 2. The second kappa shape index (κ2) is 16.7. The highest BCUT2D eigenvalue weighted by molar-refractivity contribution is 7.30. The van der Waals surface area contributed by atoms with Crippen molar-refractivity contribution in [1.29, 1.82) is 0 Å². The molecule has 2 aliphatic carbocycles. The molecule has 0 N–H and O–H groups in total. The number of hydrogen-bond donors (Lipinski definition) is 0. The Hall–Kier alpha value is -7.66. The number of hydrogen-bond acceptors (Lipinski definition) is 3. The molecule has 4 heteroatoms. The number of anilines is 6. The van der Waals surface area contributed by atoms with E-state index in [9.17, 15) is 0 Å². The van der Waals surface area contributed by atoms with E-state index >= 15 is 0 Å². The predicted octanol–water partition coefficient (Wildman–Crippen LogP) is 17.8. The third-order valence-electron chi connectivity index (χ3n) is 17.3. The Labute approximate surface area is 454 Å². The van der Waals surface area contributed by atoms with Gasteiger partial charge in [-0.25, -0.2) is 0 Å². The van der Waals surface area contributed by atoms with Crippen molar-refractivity contribution in [3.63, 3.8) is 0 Å². The van der Waals surface area contributed by atoms with Crippen LogP contribution in [0.1, 0.15) is 111 Å². The van der Waals surface area contributed by atoms with E-state index in [1.54, 1.807) is 0 Å². The van der Waals surface area contributed by atoms with E-state index in [2.05, 4.69) is 284 Å². The SMILES string of the molecule is Cc1ccc(N2c3cc(-c4cc(C(C)(C)C)ccc4-c4ccccc4)ccc3B3c4sc5c(c4N(c4ccc(C(C)(C)C)cc4)c4cc(C)cc2c43)-c2ccc(C(C)C)cc2C52c3ccccc3-c3ccccc32)cc1. The molecule has 9 aromatic carbocycles. The summed E-state index contributed by atoms with van der Waals surface area (Å²) in [6.07, 6.45) is 0. The van der Waals surface area contributed by atoms with Crippen LogP contribution in [0.25, 0.3) is 44.5 Å². The molecule has 10 aromatic rings. The van der Waals surface area contributed by atoms with Gasteiger partial charge in [0.05, 0.1) is 11.1 Å². The molecule has 2 nitrogen and oxygen atoms in total. The normalized spacial score (nSPS) is 14.3. The van der Waals surface area contributed by atoms with Gasteiger partial charge in [0.25, 0.3) is 6.71 Å². The molecule has 0 radical (unpaired) electrons. The Kier molecular flexibility index (Phi) is 10.3. The van der Waals surface area contributed by atoms with Crippen molar-refractivity contribution in [1.82, 2.24) is 0 Å². The number of fused-ring (bicyclic) bond motifs is 15. The van der Waals surface area contributed by atoms with Gasteiger partial charge in [0, 0.05) is 43.7 Å². The van der Waals surface area contributed by atoms with Crippen LogP contribution in [0.15, 0.2) is 194 Å². The van der Waals surface area contributed by atoms with E-state index < -0.39 is 5.41 Å². The number of thiophene rings is 1. The van der Waals surface area contributed by atoms with Crippen LogP contribution in [0.5, 0.6) is 0 Å². The summed E-state index contributed by atoms with van der Waals surface area (Å²) in [5, 5.41) is 0. The van der Waals surface area contributed by atoms with E-state index in [0.29, 0.717) is 5.92 Å².